The highest BCUT2D eigenvalue weighted by Gasteiger charge is 2.44. The lowest BCUT2D eigenvalue weighted by atomic mass is 9.33. The van der Waals surface area contributed by atoms with Gasteiger partial charge in [-0.3, -0.25) is 0 Å². The predicted octanol–water partition coefficient (Wildman–Crippen LogP) is 18.5. The summed E-state index contributed by atoms with van der Waals surface area (Å²) in [5.74, 6) is 0. The van der Waals surface area contributed by atoms with Crippen molar-refractivity contribution in [1.82, 2.24) is 0 Å². The van der Waals surface area contributed by atoms with Crippen LogP contribution < -0.4 is 36.0 Å². The first-order valence-corrected chi connectivity index (χ1v) is 27.4. The first-order valence-electron chi connectivity index (χ1n) is 27.4. The molecule has 79 heavy (non-hydrogen) atoms. The summed E-state index contributed by atoms with van der Waals surface area (Å²) in [6.45, 7) is 6.75. The number of fused-ring (bicyclic) bond motifs is 5. The molecule has 0 fully saturated rings. The monoisotopic (exact) mass is 1010 g/mol. The molecule has 0 saturated carbocycles. The number of nitrogens with zero attached hydrogens (tertiary/aromatic N) is 4. The molecule has 5 heteroatoms. The average molecular weight is 1010 g/mol. The molecule has 0 aliphatic carbocycles. The van der Waals surface area contributed by atoms with Crippen molar-refractivity contribution >= 4 is 102 Å². The van der Waals surface area contributed by atoms with Gasteiger partial charge in [-0.15, -0.1) is 0 Å². The number of anilines is 12. The summed E-state index contributed by atoms with van der Waals surface area (Å²) in [6, 6.07) is 107. The zero-order valence-electron chi connectivity index (χ0n) is 44.6. The van der Waals surface area contributed by atoms with Gasteiger partial charge in [0.25, 0.3) is 6.71 Å². The highest BCUT2D eigenvalue weighted by atomic mass is 15.2. The van der Waals surface area contributed by atoms with E-state index in [0.717, 1.165) is 68.2 Å². The van der Waals surface area contributed by atoms with Gasteiger partial charge in [0.15, 0.2) is 0 Å². The molecule has 376 valence electrons. The molecule has 0 saturated heterocycles. The standard InChI is InChI=1S/C74H57BN4/c1-74(2,3)57-39-43-62(44-40-57)79-70-49-63(76(58-28-13-6-14-29-58)59-30-15-7-16-31-59)45-46-66(70)75-67-48-56(53-24-11-5-12-25-53)38-47-69(67)78(61-41-36-54(37-42-61)52-22-9-4-10-23-52)71-50-64(51-72(79)73(71)75)77(60-32-17-8-18-33-60)68-35-21-27-55-26-19-20-34-65(55)68/h4-51H,1-3H3. The van der Waals surface area contributed by atoms with Gasteiger partial charge in [-0.05, 0) is 152 Å². The normalized spacial score (nSPS) is 12.4. The SMILES string of the molecule is CC(C)(C)c1ccc(N2c3cc(N(c4ccccc4)c4ccccc4)ccc3B3c4cc(-c5ccccc5)ccc4N(c4ccc(-c5ccccc5)cc4)c4cc(N(c5ccccc5)c5cccc6ccccc56)cc2c43)cc1. The second-order valence-electron chi connectivity index (χ2n) is 21.8. The molecule has 0 bridgehead atoms. The zero-order valence-corrected chi connectivity index (χ0v) is 44.6. The van der Waals surface area contributed by atoms with Gasteiger partial charge in [-0.1, -0.05) is 215 Å². The lowest BCUT2D eigenvalue weighted by molar-refractivity contribution is 0.590. The van der Waals surface area contributed by atoms with Crippen molar-refractivity contribution in [3.05, 3.63) is 297 Å². The molecule has 2 aliphatic heterocycles. The van der Waals surface area contributed by atoms with Crippen LogP contribution in [-0.4, -0.2) is 6.71 Å². The second-order valence-corrected chi connectivity index (χ2v) is 21.8. The summed E-state index contributed by atoms with van der Waals surface area (Å²) >= 11 is 0. The van der Waals surface area contributed by atoms with Crippen molar-refractivity contribution < 1.29 is 0 Å². The lowest BCUT2D eigenvalue weighted by Crippen LogP contribution is -2.61. The lowest BCUT2D eigenvalue weighted by Gasteiger charge is -2.45. The van der Waals surface area contributed by atoms with Crippen LogP contribution in [0, 0.1) is 0 Å². The van der Waals surface area contributed by atoms with E-state index in [0.29, 0.717) is 0 Å². The molecule has 2 aliphatic rings. The Morgan fingerprint density at radius 2 is 0.785 bits per heavy atom. The molecule has 0 aromatic heterocycles. The summed E-state index contributed by atoms with van der Waals surface area (Å²) in [5.41, 5.74) is 22.9. The molecule has 0 unspecified atom stereocenters. The van der Waals surface area contributed by atoms with E-state index in [9.17, 15) is 0 Å². The maximum absolute atomic E-state index is 2.56. The highest BCUT2D eigenvalue weighted by molar-refractivity contribution is 7.00. The van der Waals surface area contributed by atoms with Crippen molar-refractivity contribution in [2.75, 3.05) is 19.6 Å². The average Bonchev–Trinajstić information content (AvgIpc) is 3.47. The third-order valence-corrected chi connectivity index (χ3v) is 15.9. The molecule has 12 aromatic carbocycles. The van der Waals surface area contributed by atoms with E-state index in [1.54, 1.807) is 0 Å². The molecule has 0 N–H and O–H groups in total. The Bertz CT molecular complexity index is 4120. The van der Waals surface area contributed by atoms with Crippen LogP contribution in [0.15, 0.2) is 291 Å². The van der Waals surface area contributed by atoms with Crippen LogP contribution in [0.3, 0.4) is 0 Å². The summed E-state index contributed by atoms with van der Waals surface area (Å²) in [5, 5.41) is 2.36. The largest absolute Gasteiger partial charge is 0.311 e. The predicted molar refractivity (Wildman–Crippen MR) is 337 cm³/mol. The molecular formula is C74H57BN4. The molecule has 2 heterocycles. The molecular weight excluding hydrogens is 956 g/mol. The van der Waals surface area contributed by atoms with Crippen LogP contribution in [0.4, 0.5) is 68.2 Å². The molecule has 0 amide bonds. The van der Waals surface area contributed by atoms with E-state index < -0.39 is 0 Å². The third kappa shape index (κ3) is 8.52. The molecule has 0 spiro atoms. The Balaban J connectivity index is 1.10. The van der Waals surface area contributed by atoms with Gasteiger partial charge in [0.2, 0.25) is 0 Å². The summed E-state index contributed by atoms with van der Waals surface area (Å²) < 4.78 is 0. The van der Waals surface area contributed by atoms with E-state index in [-0.39, 0.29) is 12.1 Å². The van der Waals surface area contributed by atoms with Crippen molar-refractivity contribution in [1.29, 1.82) is 0 Å². The first-order chi connectivity index (χ1) is 38.8. The van der Waals surface area contributed by atoms with Gasteiger partial charge in [0.1, 0.15) is 0 Å². The zero-order chi connectivity index (χ0) is 53.0. The van der Waals surface area contributed by atoms with Gasteiger partial charge >= 0.3 is 0 Å². The van der Waals surface area contributed by atoms with E-state index in [2.05, 4.69) is 332 Å². The third-order valence-electron chi connectivity index (χ3n) is 15.9. The van der Waals surface area contributed by atoms with E-state index in [1.807, 2.05) is 0 Å². The smallest absolute Gasteiger partial charge is 0.252 e. The van der Waals surface area contributed by atoms with Gasteiger partial charge in [0, 0.05) is 62.3 Å². The molecule has 4 nitrogen and oxygen atoms in total. The van der Waals surface area contributed by atoms with E-state index >= 15 is 0 Å². The minimum Gasteiger partial charge on any atom is -0.311 e. The fourth-order valence-electron chi connectivity index (χ4n) is 12.2. The molecule has 12 aromatic rings. The van der Waals surface area contributed by atoms with Crippen LogP contribution in [0.1, 0.15) is 26.3 Å². The van der Waals surface area contributed by atoms with Gasteiger partial charge in [-0.25, -0.2) is 0 Å². The Hall–Kier alpha value is -9.84. The molecule has 0 radical (unpaired) electrons. The Labute approximate surface area is 464 Å². The van der Waals surface area contributed by atoms with Crippen molar-refractivity contribution in [3.8, 4) is 22.3 Å². The minimum atomic E-state index is -0.142. The number of benzene rings is 12. The number of hydrogen-bond acceptors (Lipinski definition) is 4. The summed E-state index contributed by atoms with van der Waals surface area (Å²) in [7, 11) is 0. The van der Waals surface area contributed by atoms with Crippen molar-refractivity contribution in [2.45, 2.75) is 26.2 Å². The number of hydrogen-bond donors (Lipinski definition) is 0. The van der Waals surface area contributed by atoms with Crippen molar-refractivity contribution in [3.63, 3.8) is 0 Å². The number of rotatable bonds is 10. The quantitative estimate of drug-likeness (QED) is 0.127. The van der Waals surface area contributed by atoms with Crippen LogP contribution in [0.2, 0.25) is 0 Å². The fourth-order valence-corrected chi connectivity index (χ4v) is 12.2. The van der Waals surface area contributed by atoms with E-state index in [4.69, 9.17) is 0 Å². The fraction of sp³-hybridized carbons (Fsp3) is 0.0541. The van der Waals surface area contributed by atoms with Crippen LogP contribution >= 0.6 is 0 Å². The number of para-hydroxylation sites is 3. The van der Waals surface area contributed by atoms with E-state index in [1.165, 1.54) is 55.0 Å². The summed E-state index contributed by atoms with van der Waals surface area (Å²) in [6.07, 6.45) is 0. The van der Waals surface area contributed by atoms with Crippen LogP contribution in [0.5, 0.6) is 0 Å². The minimum absolute atomic E-state index is 0.0348. The maximum Gasteiger partial charge on any atom is 0.252 e. The topological polar surface area (TPSA) is 13.0 Å². The Morgan fingerprint density at radius 1 is 0.316 bits per heavy atom. The maximum atomic E-state index is 2.56. The van der Waals surface area contributed by atoms with Crippen LogP contribution in [-0.2, 0) is 5.41 Å². The Morgan fingerprint density at radius 3 is 1.38 bits per heavy atom. The van der Waals surface area contributed by atoms with Crippen molar-refractivity contribution in [2.24, 2.45) is 0 Å². The molecule has 14 rings (SSSR count). The molecule has 0 atom stereocenters. The van der Waals surface area contributed by atoms with Crippen LogP contribution in [0.25, 0.3) is 33.0 Å². The van der Waals surface area contributed by atoms with Gasteiger partial charge in [0.05, 0.1) is 11.4 Å². The van der Waals surface area contributed by atoms with Gasteiger partial charge in [-0.2, -0.15) is 0 Å². The van der Waals surface area contributed by atoms with Gasteiger partial charge < -0.3 is 19.6 Å². The first kappa shape index (κ1) is 47.6. The Kier molecular flexibility index (Phi) is 11.8. The highest BCUT2D eigenvalue weighted by Crippen LogP contribution is 2.50. The second kappa shape index (κ2) is 19.6. The summed E-state index contributed by atoms with van der Waals surface area (Å²) in [4.78, 5) is 9.96.